The third-order valence-electron chi connectivity index (χ3n) is 6.60. The number of halogens is 2. The summed E-state index contributed by atoms with van der Waals surface area (Å²) in [6, 6.07) is 8.59. The molecule has 6 nitrogen and oxygen atoms in total. The summed E-state index contributed by atoms with van der Waals surface area (Å²) in [4.78, 5) is 0. The first-order valence-electron chi connectivity index (χ1n) is 10.9. The van der Waals surface area contributed by atoms with Gasteiger partial charge in [0.25, 0.3) is 0 Å². The van der Waals surface area contributed by atoms with Crippen LogP contribution in [-0.4, -0.2) is 66.0 Å². The van der Waals surface area contributed by atoms with Crippen LogP contribution in [0.3, 0.4) is 0 Å². The highest BCUT2D eigenvalue weighted by Crippen LogP contribution is 2.44. The Morgan fingerprint density at radius 3 is 1.94 bits per heavy atom. The third-order valence-corrected chi connectivity index (χ3v) is 6.87. The number of ether oxygens (including phenoxy) is 5. The lowest BCUT2D eigenvalue weighted by atomic mass is 9.86. The van der Waals surface area contributed by atoms with E-state index in [-0.39, 0.29) is 18.4 Å². The number of quaternary nitrogens is 1. The average molecular weight is 500 g/mol. The van der Waals surface area contributed by atoms with Crippen LogP contribution in [0.2, 0.25) is 0 Å². The normalized spacial score (nSPS) is 19.2. The van der Waals surface area contributed by atoms with Crippen molar-refractivity contribution in [3.05, 3.63) is 41.0 Å². The minimum Gasteiger partial charge on any atom is -1.00 e. The Labute approximate surface area is 208 Å². The molecule has 0 aliphatic carbocycles. The summed E-state index contributed by atoms with van der Waals surface area (Å²) < 4.78 is 28.8. The van der Waals surface area contributed by atoms with E-state index in [0.717, 1.165) is 53.9 Å². The summed E-state index contributed by atoms with van der Waals surface area (Å²) in [5.74, 6) is 4.12. The molecule has 1 aliphatic rings. The second-order valence-electron chi connectivity index (χ2n) is 8.38. The van der Waals surface area contributed by atoms with Crippen LogP contribution >= 0.6 is 11.6 Å². The number of nitrogens with zero attached hydrogens (tertiary/aromatic N) is 1. The molecule has 1 heterocycles. The zero-order valence-corrected chi connectivity index (χ0v) is 21.9. The van der Waals surface area contributed by atoms with Gasteiger partial charge in [0.1, 0.15) is 6.04 Å². The van der Waals surface area contributed by atoms with Crippen molar-refractivity contribution in [1.29, 1.82) is 0 Å². The summed E-state index contributed by atoms with van der Waals surface area (Å²) in [6.45, 7) is 2.04. The monoisotopic (exact) mass is 499 g/mol. The summed E-state index contributed by atoms with van der Waals surface area (Å²) in [7, 11) is 10.6. The van der Waals surface area contributed by atoms with Gasteiger partial charge in [0.15, 0.2) is 23.0 Å². The topological polar surface area (TPSA) is 46.2 Å². The van der Waals surface area contributed by atoms with Gasteiger partial charge in [-0.2, -0.15) is 0 Å². The molecule has 0 spiro atoms. The van der Waals surface area contributed by atoms with Crippen molar-refractivity contribution in [3.63, 3.8) is 0 Å². The van der Waals surface area contributed by atoms with Crippen molar-refractivity contribution in [1.82, 2.24) is 0 Å². The molecule has 0 aromatic heterocycles. The molecule has 0 saturated carbocycles. The largest absolute Gasteiger partial charge is 1.00 e. The second-order valence-corrected chi connectivity index (χ2v) is 8.76. The van der Waals surface area contributed by atoms with E-state index in [4.69, 9.17) is 35.3 Å². The second kappa shape index (κ2) is 11.9. The van der Waals surface area contributed by atoms with E-state index in [1.165, 1.54) is 11.1 Å². The van der Waals surface area contributed by atoms with E-state index < -0.39 is 0 Å². The van der Waals surface area contributed by atoms with Crippen LogP contribution in [0, 0.1) is 0 Å². The van der Waals surface area contributed by atoms with E-state index in [9.17, 15) is 0 Å². The minimum absolute atomic E-state index is 0. The standard InChI is InChI=1S/C25H35ClNO5.ClH/c1-27(10-7-9-26)11-8-18-15-21(28-2)22(29-3)16-19(18)20(27)12-17-13-23(30-4)25(32-6)24(14-17)31-5;/h13-16,20H,7-12H2,1-6H3;1H/q+1;/p-1/t20-,27+;/m1./s1. The Bertz CT molecular complexity index is 914. The third kappa shape index (κ3) is 5.56. The van der Waals surface area contributed by atoms with Crippen molar-refractivity contribution in [2.75, 3.05) is 61.6 Å². The van der Waals surface area contributed by atoms with Gasteiger partial charge in [-0.3, -0.25) is 0 Å². The molecule has 2 atom stereocenters. The maximum absolute atomic E-state index is 6.10. The predicted octanol–water partition coefficient (Wildman–Crippen LogP) is 1.65. The molecule has 1 aliphatic heterocycles. The molecule has 0 radical (unpaired) electrons. The van der Waals surface area contributed by atoms with Crippen LogP contribution in [0.15, 0.2) is 24.3 Å². The molecule has 0 fully saturated rings. The van der Waals surface area contributed by atoms with E-state index in [1.807, 2.05) is 12.1 Å². The maximum Gasteiger partial charge on any atom is 0.203 e. The molecule has 0 saturated heterocycles. The van der Waals surface area contributed by atoms with Crippen molar-refractivity contribution < 1.29 is 40.6 Å². The lowest BCUT2D eigenvalue weighted by Gasteiger charge is -2.46. The zero-order valence-electron chi connectivity index (χ0n) is 20.4. The zero-order chi connectivity index (χ0) is 23.3. The Morgan fingerprint density at radius 1 is 0.848 bits per heavy atom. The van der Waals surface area contributed by atoms with Crippen LogP contribution < -0.4 is 36.1 Å². The molecule has 0 amide bonds. The number of benzene rings is 2. The maximum atomic E-state index is 6.10. The highest BCUT2D eigenvalue weighted by Gasteiger charge is 2.39. The van der Waals surface area contributed by atoms with E-state index in [1.54, 1.807) is 35.5 Å². The van der Waals surface area contributed by atoms with Gasteiger partial charge in [0, 0.05) is 30.7 Å². The lowest BCUT2D eigenvalue weighted by molar-refractivity contribution is -0.941. The Hall–Kier alpha value is -2.02. The number of fused-ring (bicyclic) bond motifs is 1. The molecule has 33 heavy (non-hydrogen) atoms. The van der Waals surface area contributed by atoms with E-state index in [2.05, 4.69) is 19.2 Å². The minimum atomic E-state index is 0. The van der Waals surface area contributed by atoms with Gasteiger partial charge in [-0.25, -0.2) is 0 Å². The van der Waals surface area contributed by atoms with Gasteiger partial charge in [-0.15, -0.1) is 11.6 Å². The molecule has 0 bridgehead atoms. The van der Waals surface area contributed by atoms with Gasteiger partial charge in [0.05, 0.1) is 55.7 Å². The molecule has 0 unspecified atom stereocenters. The quantitative estimate of drug-likeness (QED) is 0.367. The van der Waals surface area contributed by atoms with E-state index in [0.29, 0.717) is 23.1 Å². The fourth-order valence-electron chi connectivity index (χ4n) is 4.83. The highest BCUT2D eigenvalue weighted by atomic mass is 35.5. The van der Waals surface area contributed by atoms with Gasteiger partial charge in [-0.1, -0.05) is 0 Å². The molecule has 2 aromatic carbocycles. The summed E-state index contributed by atoms with van der Waals surface area (Å²) in [5, 5.41) is 0. The van der Waals surface area contributed by atoms with Gasteiger partial charge >= 0.3 is 0 Å². The molecule has 2 aromatic rings. The van der Waals surface area contributed by atoms with Crippen LogP contribution in [-0.2, 0) is 12.8 Å². The van der Waals surface area contributed by atoms with Crippen LogP contribution in [0.25, 0.3) is 0 Å². The number of alkyl halides is 1. The SMILES string of the molecule is COc1cc2c(cc1OC)[C@@H](Cc1cc(OC)c(OC)c(OC)c1)[N@@+](C)(CCCCl)CC2.[Cl-]. The summed E-state index contributed by atoms with van der Waals surface area (Å²) in [6.07, 6.45) is 2.77. The number of methoxy groups -OCH3 is 5. The van der Waals surface area contributed by atoms with Crippen molar-refractivity contribution in [3.8, 4) is 28.7 Å². The van der Waals surface area contributed by atoms with Crippen LogP contribution in [0.1, 0.15) is 29.2 Å². The first-order chi connectivity index (χ1) is 15.4. The number of hydrogen-bond donors (Lipinski definition) is 0. The summed E-state index contributed by atoms with van der Waals surface area (Å²) in [5.41, 5.74) is 3.73. The smallest absolute Gasteiger partial charge is 0.203 e. The van der Waals surface area contributed by atoms with E-state index >= 15 is 0 Å². The fraction of sp³-hybridized carbons (Fsp3) is 0.520. The van der Waals surface area contributed by atoms with Crippen molar-refractivity contribution in [2.45, 2.75) is 25.3 Å². The summed E-state index contributed by atoms with van der Waals surface area (Å²) >= 11 is 6.10. The highest BCUT2D eigenvalue weighted by molar-refractivity contribution is 6.17. The average Bonchev–Trinajstić information content (AvgIpc) is 2.83. The molecule has 184 valence electrons. The predicted molar refractivity (Wildman–Crippen MR) is 127 cm³/mol. The van der Waals surface area contributed by atoms with Crippen LogP contribution in [0.4, 0.5) is 0 Å². The number of rotatable bonds is 10. The molecular formula is C25H35Cl2NO5. The number of hydrogen-bond acceptors (Lipinski definition) is 5. The van der Waals surface area contributed by atoms with Gasteiger partial charge in [-0.05, 0) is 35.4 Å². The first kappa shape index (κ1) is 27.2. The molecular weight excluding hydrogens is 465 g/mol. The van der Waals surface area contributed by atoms with Gasteiger partial charge < -0.3 is 40.6 Å². The molecule has 8 heteroatoms. The van der Waals surface area contributed by atoms with Crippen LogP contribution in [0.5, 0.6) is 28.7 Å². The molecule has 3 rings (SSSR count). The number of likely N-dealkylation sites (N-methyl/N-ethyl adjacent to an activating group) is 1. The molecule has 0 N–H and O–H groups in total. The Morgan fingerprint density at radius 2 is 1.42 bits per heavy atom. The van der Waals surface area contributed by atoms with Gasteiger partial charge in [0.2, 0.25) is 5.75 Å². The van der Waals surface area contributed by atoms with Crippen molar-refractivity contribution >= 4 is 11.6 Å². The Kier molecular flexibility index (Phi) is 9.83. The lowest BCUT2D eigenvalue weighted by Crippen LogP contribution is -3.00. The fourth-order valence-corrected chi connectivity index (χ4v) is 4.95. The first-order valence-corrected chi connectivity index (χ1v) is 11.4. The Balaban J connectivity index is 0.00000385. The van der Waals surface area contributed by atoms with Crippen molar-refractivity contribution in [2.24, 2.45) is 0 Å².